The number of halogens is 1. The molecular weight excluding hydrogens is 224 g/mol. The lowest BCUT2D eigenvalue weighted by Crippen LogP contribution is -2.28. The number of nitrogen functional groups attached to an aromatic ring is 1. The molecule has 0 amide bonds. The highest BCUT2D eigenvalue weighted by Crippen LogP contribution is 2.23. The fraction of sp³-hybridized carbons (Fsp3) is 0.636. The molecule has 1 fully saturated rings. The summed E-state index contributed by atoms with van der Waals surface area (Å²) in [5.41, 5.74) is 6.50. The normalized spacial score (nSPS) is 17.9. The number of rotatable bonds is 1. The van der Waals surface area contributed by atoms with Crippen molar-refractivity contribution >= 4 is 23.1 Å². The maximum absolute atomic E-state index is 5.89. The van der Waals surface area contributed by atoms with Gasteiger partial charge in [0.15, 0.2) is 5.82 Å². The Morgan fingerprint density at radius 3 is 2.44 bits per heavy atom. The minimum absolute atomic E-state index is 0.270. The summed E-state index contributed by atoms with van der Waals surface area (Å²) in [7, 11) is 0. The summed E-state index contributed by atoms with van der Waals surface area (Å²) in [4.78, 5) is 10.3. The predicted octanol–water partition coefficient (Wildman–Crippen LogP) is 2.48. The molecule has 5 heteroatoms. The van der Waals surface area contributed by atoms with E-state index in [9.17, 15) is 0 Å². The first kappa shape index (κ1) is 11.5. The van der Waals surface area contributed by atoms with Crippen molar-refractivity contribution in [2.75, 3.05) is 23.7 Å². The molecule has 2 N–H and O–H groups in total. The number of nitrogens with zero attached hydrogens (tertiary/aromatic N) is 3. The summed E-state index contributed by atoms with van der Waals surface area (Å²) in [5.74, 6) is 0.793. The van der Waals surface area contributed by atoms with Gasteiger partial charge in [0, 0.05) is 13.1 Å². The monoisotopic (exact) mass is 240 g/mol. The summed E-state index contributed by atoms with van der Waals surface area (Å²) < 4.78 is 0. The molecule has 2 rings (SSSR count). The van der Waals surface area contributed by atoms with Crippen LogP contribution in [0.4, 0.5) is 11.5 Å². The minimum atomic E-state index is 0.270. The second kappa shape index (κ2) is 5.34. The minimum Gasteiger partial charge on any atom is -0.394 e. The van der Waals surface area contributed by atoms with Crippen molar-refractivity contribution in [2.45, 2.75) is 32.1 Å². The van der Waals surface area contributed by atoms with E-state index < -0.39 is 0 Å². The quantitative estimate of drug-likeness (QED) is 0.767. The molecule has 0 saturated carbocycles. The first-order valence-corrected chi connectivity index (χ1v) is 6.18. The zero-order valence-electron chi connectivity index (χ0n) is 9.32. The lowest BCUT2D eigenvalue weighted by Gasteiger charge is -2.26. The van der Waals surface area contributed by atoms with Gasteiger partial charge < -0.3 is 10.6 Å². The standard InChI is InChI=1S/C11H17ClN4/c12-11-14-8-9(13)10(15-11)16-6-4-2-1-3-5-7-16/h8H,1-7,13H2. The van der Waals surface area contributed by atoms with E-state index in [0.29, 0.717) is 5.69 Å². The largest absolute Gasteiger partial charge is 0.394 e. The Morgan fingerprint density at radius 1 is 1.12 bits per heavy atom. The number of hydrogen-bond donors (Lipinski definition) is 1. The van der Waals surface area contributed by atoms with Gasteiger partial charge in [0.05, 0.1) is 11.9 Å². The molecular formula is C11H17ClN4. The lowest BCUT2D eigenvalue weighted by atomic mass is 10.1. The van der Waals surface area contributed by atoms with Gasteiger partial charge in [-0.1, -0.05) is 19.3 Å². The third kappa shape index (κ3) is 2.76. The molecule has 1 aromatic heterocycles. The highest BCUT2D eigenvalue weighted by atomic mass is 35.5. The number of anilines is 2. The van der Waals surface area contributed by atoms with Gasteiger partial charge >= 0.3 is 0 Å². The molecule has 0 spiro atoms. The van der Waals surface area contributed by atoms with Gasteiger partial charge in [-0.3, -0.25) is 0 Å². The highest BCUT2D eigenvalue weighted by Gasteiger charge is 2.13. The van der Waals surface area contributed by atoms with Crippen LogP contribution in [0.5, 0.6) is 0 Å². The van der Waals surface area contributed by atoms with Gasteiger partial charge in [-0.15, -0.1) is 0 Å². The van der Waals surface area contributed by atoms with Crippen LogP contribution < -0.4 is 10.6 Å². The number of hydrogen-bond acceptors (Lipinski definition) is 4. The Hall–Kier alpha value is -1.03. The number of aromatic nitrogens is 2. The van der Waals surface area contributed by atoms with Crippen molar-refractivity contribution in [3.8, 4) is 0 Å². The van der Waals surface area contributed by atoms with Crippen molar-refractivity contribution in [2.24, 2.45) is 0 Å². The third-order valence-electron chi connectivity index (χ3n) is 2.92. The second-order valence-electron chi connectivity index (χ2n) is 4.17. The Kier molecular flexibility index (Phi) is 3.83. The molecule has 1 aliphatic rings. The molecule has 88 valence electrons. The molecule has 0 aliphatic carbocycles. The summed E-state index contributed by atoms with van der Waals surface area (Å²) in [6.07, 6.45) is 7.89. The van der Waals surface area contributed by atoms with Crippen molar-refractivity contribution in [3.05, 3.63) is 11.5 Å². The van der Waals surface area contributed by atoms with Gasteiger partial charge in [0.1, 0.15) is 0 Å². The SMILES string of the molecule is Nc1cnc(Cl)nc1N1CCCCCCC1. The fourth-order valence-electron chi connectivity index (χ4n) is 2.07. The molecule has 1 aliphatic heterocycles. The predicted molar refractivity (Wildman–Crippen MR) is 66.8 cm³/mol. The van der Waals surface area contributed by atoms with Gasteiger partial charge in [0.2, 0.25) is 5.28 Å². The van der Waals surface area contributed by atoms with E-state index in [2.05, 4.69) is 14.9 Å². The maximum Gasteiger partial charge on any atom is 0.224 e. The van der Waals surface area contributed by atoms with Crippen LogP contribution in [0.1, 0.15) is 32.1 Å². The topological polar surface area (TPSA) is 55.0 Å². The van der Waals surface area contributed by atoms with E-state index in [1.54, 1.807) is 6.20 Å². The first-order valence-electron chi connectivity index (χ1n) is 5.80. The third-order valence-corrected chi connectivity index (χ3v) is 3.10. The van der Waals surface area contributed by atoms with Crippen LogP contribution in [0.25, 0.3) is 0 Å². The Morgan fingerprint density at radius 2 is 1.75 bits per heavy atom. The smallest absolute Gasteiger partial charge is 0.224 e. The van der Waals surface area contributed by atoms with E-state index in [1.165, 1.54) is 32.1 Å². The van der Waals surface area contributed by atoms with Gasteiger partial charge in [-0.05, 0) is 24.4 Å². The molecule has 0 unspecified atom stereocenters. The Bertz CT molecular complexity index is 348. The van der Waals surface area contributed by atoms with E-state index in [0.717, 1.165) is 18.9 Å². The van der Waals surface area contributed by atoms with Gasteiger partial charge in [-0.2, -0.15) is 4.98 Å². The van der Waals surface area contributed by atoms with Crippen molar-refractivity contribution in [1.29, 1.82) is 0 Å². The second-order valence-corrected chi connectivity index (χ2v) is 4.51. The van der Waals surface area contributed by atoms with Gasteiger partial charge in [0.25, 0.3) is 0 Å². The van der Waals surface area contributed by atoms with Crippen LogP contribution in [-0.2, 0) is 0 Å². The first-order chi connectivity index (χ1) is 7.77. The van der Waals surface area contributed by atoms with E-state index in [-0.39, 0.29) is 5.28 Å². The molecule has 4 nitrogen and oxygen atoms in total. The highest BCUT2D eigenvalue weighted by molar-refractivity contribution is 6.28. The zero-order valence-corrected chi connectivity index (χ0v) is 10.1. The molecule has 2 heterocycles. The van der Waals surface area contributed by atoms with Crippen LogP contribution in [0.3, 0.4) is 0 Å². The fourth-order valence-corrected chi connectivity index (χ4v) is 2.20. The summed E-state index contributed by atoms with van der Waals surface area (Å²) in [6, 6.07) is 0. The lowest BCUT2D eigenvalue weighted by molar-refractivity contribution is 0.554. The number of nitrogens with two attached hydrogens (primary N) is 1. The van der Waals surface area contributed by atoms with E-state index in [4.69, 9.17) is 17.3 Å². The molecule has 0 atom stereocenters. The summed E-state index contributed by atoms with van der Waals surface area (Å²) >= 11 is 5.80. The van der Waals surface area contributed by atoms with E-state index >= 15 is 0 Å². The van der Waals surface area contributed by atoms with Crippen LogP contribution in [0.15, 0.2) is 6.20 Å². The van der Waals surface area contributed by atoms with Crippen molar-refractivity contribution in [3.63, 3.8) is 0 Å². The molecule has 1 aromatic rings. The molecule has 16 heavy (non-hydrogen) atoms. The average Bonchev–Trinajstić information content (AvgIpc) is 2.22. The molecule has 0 bridgehead atoms. The van der Waals surface area contributed by atoms with Gasteiger partial charge in [-0.25, -0.2) is 4.98 Å². The Balaban J connectivity index is 2.16. The summed E-state index contributed by atoms with van der Waals surface area (Å²) in [6.45, 7) is 2.02. The van der Waals surface area contributed by atoms with Crippen LogP contribution >= 0.6 is 11.6 Å². The summed E-state index contributed by atoms with van der Waals surface area (Å²) in [5, 5.41) is 0.270. The zero-order chi connectivity index (χ0) is 11.4. The van der Waals surface area contributed by atoms with Crippen LogP contribution in [-0.4, -0.2) is 23.1 Å². The van der Waals surface area contributed by atoms with E-state index in [1.807, 2.05) is 0 Å². The van der Waals surface area contributed by atoms with Crippen molar-refractivity contribution in [1.82, 2.24) is 9.97 Å². The maximum atomic E-state index is 5.89. The molecule has 0 radical (unpaired) electrons. The van der Waals surface area contributed by atoms with Crippen molar-refractivity contribution < 1.29 is 0 Å². The molecule has 1 saturated heterocycles. The van der Waals surface area contributed by atoms with Crippen LogP contribution in [0.2, 0.25) is 5.28 Å². The molecule has 0 aromatic carbocycles. The Labute approximate surface area is 101 Å². The average molecular weight is 241 g/mol. The van der Waals surface area contributed by atoms with Crippen LogP contribution in [0, 0.1) is 0 Å².